The molecule has 1 atom stereocenters. The summed E-state index contributed by atoms with van der Waals surface area (Å²) in [5.41, 5.74) is 1.27. The van der Waals surface area contributed by atoms with Crippen LogP contribution in [0.1, 0.15) is 29.3 Å². The zero-order valence-electron chi connectivity index (χ0n) is 9.51. The molecule has 1 aromatic rings. The van der Waals surface area contributed by atoms with Crippen LogP contribution in [0.5, 0.6) is 0 Å². The molecule has 86 valence electrons. The molecule has 0 spiro atoms. The highest BCUT2D eigenvalue weighted by Gasteiger charge is 2.34. The lowest BCUT2D eigenvalue weighted by Crippen LogP contribution is -2.47. The molecule has 0 aliphatic carbocycles. The van der Waals surface area contributed by atoms with Crippen LogP contribution in [0, 0.1) is 11.3 Å². The van der Waals surface area contributed by atoms with Crippen LogP contribution in [-0.2, 0) is 11.2 Å². The van der Waals surface area contributed by atoms with E-state index in [1.54, 1.807) is 31.2 Å². The Labute approximate surface area is 99.5 Å². The molecule has 0 saturated carbocycles. The fraction of sp³-hybridized carbons (Fsp3) is 0.308. The Hall–Kier alpha value is -2.15. The lowest BCUT2D eigenvalue weighted by atomic mass is 9.97. The van der Waals surface area contributed by atoms with Gasteiger partial charge in [-0.1, -0.05) is 25.1 Å². The van der Waals surface area contributed by atoms with Crippen LogP contribution in [0.3, 0.4) is 0 Å². The van der Waals surface area contributed by atoms with E-state index < -0.39 is 6.04 Å². The van der Waals surface area contributed by atoms with Crippen molar-refractivity contribution in [1.82, 2.24) is 4.90 Å². The van der Waals surface area contributed by atoms with Gasteiger partial charge in [-0.05, 0) is 18.1 Å². The summed E-state index contributed by atoms with van der Waals surface area (Å²) in [4.78, 5) is 25.1. The first-order valence-electron chi connectivity index (χ1n) is 5.53. The molecular formula is C13H12N2O2. The van der Waals surface area contributed by atoms with Gasteiger partial charge in [0.2, 0.25) is 5.91 Å². The topological polar surface area (TPSA) is 61.2 Å². The molecule has 1 aliphatic rings. The first kappa shape index (κ1) is 11.3. The molecule has 17 heavy (non-hydrogen) atoms. The summed E-state index contributed by atoms with van der Waals surface area (Å²) in [6, 6.07) is 8.37. The molecule has 1 heterocycles. The number of hydrogen-bond donors (Lipinski definition) is 0. The Morgan fingerprint density at radius 1 is 1.41 bits per heavy atom. The third kappa shape index (κ3) is 1.80. The third-order valence-electron chi connectivity index (χ3n) is 2.92. The second kappa shape index (κ2) is 4.38. The maximum atomic E-state index is 12.1. The quantitative estimate of drug-likeness (QED) is 0.721. The lowest BCUT2D eigenvalue weighted by molar-refractivity contribution is -0.129. The second-order valence-corrected chi connectivity index (χ2v) is 3.96. The zero-order valence-corrected chi connectivity index (χ0v) is 9.51. The van der Waals surface area contributed by atoms with Crippen molar-refractivity contribution in [2.45, 2.75) is 25.8 Å². The Balaban J connectivity index is 2.44. The van der Waals surface area contributed by atoms with Crippen molar-refractivity contribution >= 4 is 11.8 Å². The number of hydrogen-bond acceptors (Lipinski definition) is 3. The van der Waals surface area contributed by atoms with Crippen LogP contribution < -0.4 is 0 Å². The molecular weight excluding hydrogens is 216 g/mol. The van der Waals surface area contributed by atoms with Gasteiger partial charge in [0.15, 0.2) is 0 Å². The average molecular weight is 228 g/mol. The van der Waals surface area contributed by atoms with Gasteiger partial charge in [0.25, 0.3) is 5.91 Å². The van der Waals surface area contributed by atoms with Gasteiger partial charge in [0.1, 0.15) is 6.04 Å². The van der Waals surface area contributed by atoms with Crippen LogP contribution in [0.2, 0.25) is 0 Å². The smallest absolute Gasteiger partial charge is 0.261 e. The van der Waals surface area contributed by atoms with E-state index in [1.807, 2.05) is 6.07 Å². The highest BCUT2D eigenvalue weighted by Crippen LogP contribution is 2.22. The van der Waals surface area contributed by atoms with E-state index in [2.05, 4.69) is 0 Å². The molecule has 0 N–H and O–H groups in total. The van der Waals surface area contributed by atoms with Gasteiger partial charge in [-0.3, -0.25) is 14.5 Å². The molecule has 2 rings (SSSR count). The fourth-order valence-corrected chi connectivity index (χ4v) is 2.02. The van der Waals surface area contributed by atoms with E-state index in [0.29, 0.717) is 12.0 Å². The molecule has 0 radical (unpaired) electrons. The number of imide groups is 1. The Bertz CT molecular complexity index is 516. The molecule has 1 unspecified atom stereocenters. The van der Waals surface area contributed by atoms with Crippen molar-refractivity contribution in [3.05, 3.63) is 35.4 Å². The number of nitriles is 1. The Kier molecular flexibility index (Phi) is 2.92. The predicted molar refractivity (Wildman–Crippen MR) is 61.0 cm³/mol. The Morgan fingerprint density at radius 2 is 2.12 bits per heavy atom. The van der Waals surface area contributed by atoms with Gasteiger partial charge >= 0.3 is 0 Å². The summed E-state index contributed by atoms with van der Waals surface area (Å²) >= 11 is 0. The van der Waals surface area contributed by atoms with E-state index in [1.165, 1.54) is 0 Å². The van der Waals surface area contributed by atoms with Crippen molar-refractivity contribution in [1.29, 1.82) is 5.26 Å². The minimum atomic E-state index is -0.664. The van der Waals surface area contributed by atoms with Crippen molar-refractivity contribution in [2.75, 3.05) is 0 Å². The largest absolute Gasteiger partial charge is 0.274 e. The van der Waals surface area contributed by atoms with Gasteiger partial charge in [-0.15, -0.1) is 0 Å². The lowest BCUT2D eigenvalue weighted by Gasteiger charge is -2.29. The number of nitrogens with zero attached hydrogens (tertiary/aromatic N) is 2. The maximum absolute atomic E-state index is 12.1. The summed E-state index contributed by atoms with van der Waals surface area (Å²) in [7, 11) is 0. The molecule has 0 aromatic heterocycles. The molecule has 1 aliphatic heterocycles. The van der Waals surface area contributed by atoms with Crippen LogP contribution >= 0.6 is 0 Å². The van der Waals surface area contributed by atoms with Crippen molar-refractivity contribution in [2.24, 2.45) is 0 Å². The van der Waals surface area contributed by atoms with Crippen LogP contribution in [0.15, 0.2) is 24.3 Å². The minimum Gasteiger partial charge on any atom is -0.274 e. The second-order valence-electron chi connectivity index (χ2n) is 3.96. The van der Waals surface area contributed by atoms with E-state index >= 15 is 0 Å². The number of fused-ring (bicyclic) bond motifs is 1. The van der Waals surface area contributed by atoms with Gasteiger partial charge in [-0.25, -0.2) is 0 Å². The number of carbonyl (C=O) groups excluding carboxylic acids is 2. The number of rotatable bonds is 2. The summed E-state index contributed by atoms with van der Waals surface area (Å²) in [5, 5.41) is 8.97. The van der Waals surface area contributed by atoms with Gasteiger partial charge in [0.05, 0.1) is 12.5 Å². The van der Waals surface area contributed by atoms with Gasteiger partial charge in [0, 0.05) is 5.56 Å². The number of benzene rings is 1. The third-order valence-corrected chi connectivity index (χ3v) is 2.92. The molecule has 2 amide bonds. The monoisotopic (exact) mass is 228 g/mol. The summed E-state index contributed by atoms with van der Waals surface area (Å²) in [5.74, 6) is -0.646. The SMILES string of the molecule is CCC(C#N)N1C(=O)Cc2ccccc2C1=O. The molecule has 0 fully saturated rings. The van der Waals surface area contributed by atoms with Crippen LogP contribution in [-0.4, -0.2) is 22.8 Å². The van der Waals surface area contributed by atoms with Crippen molar-refractivity contribution < 1.29 is 9.59 Å². The van der Waals surface area contributed by atoms with Crippen molar-refractivity contribution in [3.63, 3.8) is 0 Å². The van der Waals surface area contributed by atoms with Gasteiger partial charge < -0.3 is 0 Å². The van der Waals surface area contributed by atoms with E-state index in [9.17, 15) is 9.59 Å². The summed E-state index contributed by atoms with van der Waals surface area (Å²) < 4.78 is 0. The summed E-state index contributed by atoms with van der Waals surface area (Å²) in [6.45, 7) is 1.79. The van der Waals surface area contributed by atoms with E-state index in [0.717, 1.165) is 10.5 Å². The van der Waals surface area contributed by atoms with Crippen LogP contribution in [0.4, 0.5) is 0 Å². The average Bonchev–Trinajstić information content (AvgIpc) is 2.34. The minimum absolute atomic E-state index is 0.195. The summed E-state index contributed by atoms with van der Waals surface area (Å²) in [6.07, 6.45) is 0.649. The molecule has 4 nitrogen and oxygen atoms in total. The number of carbonyl (C=O) groups is 2. The zero-order chi connectivity index (χ0) is 12.4. The molecule has 0 bridgehead atoms. The predicted octanol–water partition coefficient (Wildman–Crippen LogP) is 1.51. The maximum Gasteiger partial charge on any atom is 0.261 e. The van der Waals surface area contributed by atoms with Gasteiger partial charge in [-0.2, -0.15) is 5.26 Å². The molecule has 4 heteroatoms. The van der Waals surface area contributed by atoms with E-state index in [4.69, 9.17) is 5.26 Å². The Morgan fingerprint density at radius 3 is 2.76 bits per heavy atom. The normalized spacial score (nSPS) is 16.4. The molecule has 0 saturated heterocycles. The van der Waals surface area contributed by atoms with Crippen molar-refractivity contribution in [3.8, 4) is 6.07 Å². The standard InChI is InChI=1S/C13H12N2O2/c1-2-10(8-14)15-12(16)7-9-5-3-4-6-11(9)13(15)17/h3-6,10H,2,7H2,1H3. The van der Waals surface area contributed by atoms with Crippen LogP contribution in [0.25, 0.3) is 0 Å². The highest BCUT2D eigenvalue weighted by atomic mass is 16.2. The first-order chi connectivity index (χ1) is 8.19. The number of amides is 2. The van der Waals surface area contributed by atoms with E-state index in [-0.39, 0.29) is 18.2 Å². The molecule has 1 aromatic carbocycles. The fourth-order valence-electron chi connectivity index (χ4n) is 2.02. The highest BCUT2D eigenvalue weighted by molar-refractivity contribution is 6.10. The first-order valence-corrected chi connectivity index (χ1v) is 5.53.